The maximum absolute atomic E-state index is 12.6. The number of hydrazine groups is 1. The lowest BCUT2D eigenvalue weighted by Crippen LogP contribution is -2.44. The summed E-state index contributed by atoms with van der Waals surface area (Å²) in [6.45, 7) is 0.904. The van der Waals surface area contributed by atoms with Crippen LogP contribution in [0.5, 0.6) is 0 Å². The zero-order valence-corrected chi connectivity index (χ0v) is 13.0. The van der Waals surface area contributed by atoms with Crippen LogP contribution < -0.4 is 0 Å². The van der Waals surface area contributed by atoms with Gasteiger partial charge < -0.3 is 0 Å². The molecule has 1 aliphatic rings. The van der Waals surface area contributed by atoms with Crippen LogP contribution in [0.2, 0.25) is 0 Å². The highest BCUT2D eigenvalue weighted by molar-refractivity contribution is 7.13. The summed E-state index contributed by atoms with van der Waals surface area (Å²) >= 11 is 1.36. The minimum atomic E-state index is -0.360. The molecule has 0 aliphatic carbocycles. The predicted molar refractivity (Wildman–Crippen MR) is 82.9 cm³/mol. The van der Waals surface area contributed by atoms with Gasteiger partial charge in [-0.25, -0.2) is 9.99 Å². The summed E-state index contributed by atoms with van der Waals surface area (Å²) in [6.07, 6.45) is 3.82. The van der Waals surface area contributed by atoms with Crippen molar-refractivity contribution in [2.24, 2.45) is 0 Å². The Balaban J connectivity index is 1.80. The molecular formula is C15H13N5O2S. The van der Waals surface area contributed by atoms with Gasteiger partial charge in [-0.05, 0) is 18.6 Å². The molecule has 23 heavy (non-hydrogen) atoms. The van der Waals surface area contributed by atoms with Crippen LogP contribution in [0.15, 0.2) is 29.9 Å². The molecule has 2 aromatic rings. The summed E-state index contributed by atoms with van der Waals surface area (Å²) in [4.78, 5) is 32.9. The van der Waals surface area contributed by atoms with Gasteiger partial charge in [-0.1, -0.05) is 0 Å². The minimum absolute atomic E-state index is 0.234. The van der Waals surface area contributed by atoms with Crippen LogP contribution >= 0.6 is 11.3 Å². The average Bonchev–Trinajstić information content (AvgIpc) is 3.25. The van der Waals surface area contributed by atoms with Gasteiger partial charge in [0.05, 0.1) is 6.07 Å². The van der Waals surface area contributed by atoms with Crippen LogP contribution in [-0.4, -0.2) is 44.9 Å². The molecule has 0 bridgehead atoms. The van der Waals surface area contributed by atoms with Gasteiger partial charge >= 0.3 is 0 Å². The van der Waals surface area contributed by atoms with Crippen LogP contribution in [0.4, 0.5) is 0 Å². The van der Waals surface area contributed by atoms with Gasteiger partial charge in [0.25, 0.3) is 11.8 Å². The van der Waals surface area contributed by atoms with Crippen molar-refractivity contribution in [1.29, 1.82) is 5.26 Å². The van der Waals surface area contributed by atoms with Gasteiger partial charge in [0, 0.05) is 36.4 Å². The van der Waals surface area contributed by atoms with E-state index in [1.54, 1.807) is 23.8 Å². The number of rotatable bonds is 3. The maximum Gasteiger partial charge on any atom is 0.291 e. The van der Waals surface area contributed by atoms with E-state index >= 15 is 0 Å². The molecule has 1 fully saturated rings. The first-order valence-corrected chi connectivity index (χ1v) is 7.93. The molecule has 1 aliphatic heterocycles. The fourth-order valence-electron chi connectivity index (χ4n) is 2.37. The van der Waals surface area contributed by atoms with E-state index in [0.717, 1.165) is 5.56 Å². The molecule has 0 saturated carbocycles. The van der Waals surface area contributed by atoms with Gasteiger partial charge in [0.15, 0.2) is 0 Å². The van der Waals surface area contributed by atoms with Gasteiger partial charge in [0.1, 0.15) is 17.1 Å². The second-order valence-corrected chi connectivity index (χ2v) is 5.77. The van der Waals surface area contributed by atoms with Crippen LogP contribution in [0.3, 0.4) is 0 Å². The number of nitrogens with zero attached hydrogens (tertiary/aromatic N) is 5. The summed E-state index contributed by atoms with van der Waals surface area (Å²) in [7, 11) is 0. The van der Waals surface area contributed by atoms with E-state index in [1.807, 2.05) is 12.1 Å². The minimum Gasteiger partial charge on any atom is -0.272 e. The number of hydrogen-bond donors (Lipinski definition) is 0. The number of carbonyl (C=O) groups is 2. The molecule has 8 heteroatoms. The molecule has 2 aromatic heterocycles. The number of pyridine rings is 1. The lowest BCUT2D eigenvalue weighted by molar-refractivity contribution is -0.139. The third-order valence-electron chi connectivity index (χ3n) is 3.42. The first kappa shape index (κ1) is 15.1. The Labute approximate surface area is 136 Å². The van der Waals surface area contributed by atoms with Crippen LogP contribution in [0.25, 0.3) is 10.6 Å². The van der Waals surface area contributed by atoms with E-state index in [9.17, 15) is 9.59 Å². The second kappa shape index (κ2) is 6.54. The van der Waals surface area contributed by atoms with E-state index in [1.165, 1.54) is 21.4 Å². The highest BCUT2D eigenvalue weighted by atomic mass is 32.1. The summed E-state index contributed by atoms with van der Waals surface area (Å²) in [6, 6.07) is 5.50. The first-order chi connectivity index (χ1) is 11.2. The normalized spacial score (nSPS) is 13.9. The van der Waals surface area contributed by atoms with Gasteiger partial charge in [-0.2, -0.15) is 5.26 Å². The van der Waals surface area contributed by atoms with Crippen LogP contribution in [-0.2, 0) is 4.79 Å². The zero-order valence-electron chi connectivity index (χ0n) is 12.2. The lowest BCUT2D eigenvalue weighted by Gasteiger charge is -2.26. The molecule has 116 valence electrons. The largest absolute Gasteiger partial charge is 0.291 e. The number of amides is 2. The van der Waals surface area contributed by atoms with Crippen LogP contribution in [0, 0.1) is 11.3 Å². The number of hydrogen-bond acceptors (Lipinski definition) is 6. The van der Waals surface area contributed by atoms with Crippen molar-refractivity contribution in [3.63, 3.8) is 0 Å². The Morgan fingerprint density at radius 2 is 2.17 bits per heavy atom. The van der Waals surface area contributed by atoms with Crippen LogP contribution in [0.1, 0.15) is 23.3 Å². The van der Waals surface area contributed by atoms with Crippen molar-refractivity contribution in [1.82, 2.24) is 20.0 Å². The topological polar surface area (TPSA) is 90.2 Å². The molecular weight excluding hydrogens is 314 g/mol. The second-order valence-electron chi connectivity index (χ2n) is 4.91. The summed E-state index contributed by atoms with van der Waals surface area (Å²) in [5, 5.41) is 13.8. The fourth-order valence-corrected chi connectivity index (χ4v) is 3.15. The van der Waals surface area contributed by atoms with Crippen molar-refractivity contribution in [2.45, 2.75) is 12.8 Å². The van der Waals surface area contributed by atoms with E-state index < -0.39 is 0 Å². The van der Waals surface area contributed by atoms with E-state index in [0.29, 0.717) is 30.2 Å². The van der Waals surface area contributed by atoms with Crippen molar-refractivity contribution in [2.75, 3.05) is 13.1 Å². The summed E-state index contributed by atoms with van der Waals surface area (Å²) in [5.41, 5.74) is 1.14. The SMILES string of the molecule is N#CCC(=O)N1CCCN1C(=O)c1csc(-c2cccnc2)n1. The van der Waals surface area contributed by atoms with E-state index in [4.69, 9.17) is 5.26 Å². The summed E-state index contributed by atoms with van der Waals surface area (Å²) in [5.74, 6) is -0.679. The van der Waals surface area contributed by atoms with Crippen molar-refractivity contribution in [3.8, 4) is 16.6 Å². The number of aromatic nitrogens is 2. The molecule has 3 rings (SSSR count). The zero-order chi connectivity index (χ0) is 16.2. The molecule has 0 unspecified atom stereocenters. The van der Waals surface area contributed by atoms with Crippen molar-refractivity contribution >= 4 is 23.2 Å². The van der Waals surface area contributed by atoms with Gasteiger partial charge in [-0.3, -0.25) is 19.6 Å². The third-order valence-corrected chi connectivity index (χ3v) is 4.31. The Morgan fingerprint density at radius 3 is 2.91 bits per heavy atom. The van der Waals surface area contributed by atoms with E-state index in [2.05, 4.69) is 9.97 Å². The summed E-state index contributed by atoms with van der Waals surface area (Å²) < 4.78 is 0. The number of nitriles is 1. The fraction of sp³-hybridized carbons (Fsp3) is 0.267. The monoisotopic (exact) mass is 327 g/mol. The third kappa shape index (κ3) is 3.05. The average molecular weight is 327 g/mol. The predicted octanol–water partition coefficient (Wildman–Crippen LogP) is 1.71. The smallest absolute Gasteiger partial charge is 0.272 e. The quantitative estimate of drug-likeness (QED) is 0.856. The Bertz CT molecular complexity index is 768. The highest BCUT2D eigenvalue weighted by Gasteiger charge is 2.32. The molecule has 1 saturated heterocycles. The highest BCUT2D eigenvalue weighted by Crippen LogP contribution is 2.24. The van der Waals surface area contributed by atoms with Gasteiger partial charge in [-0.15, -0.1) is 11.3 Å². The van der Waals surface area contributed by atoms with Crippen molar-refractivity contribution < 1.29 is 9.59 Å². The molecule has 0 aromatic carbocycles. The molecule has 2 amide bonds. The molecule has 3 heterocycles. The first-order valence-electron chi connectivity index (χ1n) is 7.05. The van der Waals surface area contributed by atoms with E-state index in [-0.39, 0.29) is 18.2 Å². The molecule has 0 N–H and O–H groups in total. The lowest BCUT2D eigenvalue weighted by atomic mass is 10.3. The standard InChI is InChI=1S/C15H13N5O2S/c16-5-4-13(21)19-7-2-8-20(19)15(22)12-10-23-14(18-12)11-3-1-6-17-9-11/h1,3,6,9-10H,2,4,7-8H2. The molecule has 0 spiro atoms. The number of thiazole rings is 1. The van der Waals surface area contributed by atoms with Crippen molar-refractivity contribution in [3.05, 3.63) is 35.6 Å². The maximum atomic E-state index is 12.6. The molecule has 7 nitrogen and oxygen atoms in total. The Morgan fingerprint density at radius 1 is 1.35 bits per heavy atom. The molecule has 0 radical (unpaired) electrons. The Kier molecular flexibility index (Phi) is 4.30. The molecule has 0 atom stereocenters. The Hall–Kier alpha value is -2.79. The van der Waals surface area contributed by atoms with Gasteiger partial charge in [0.2, 0.25) is 0 Å². The number of carbonyl (C=O) groups excluding carboxylic acids is 2.